The molecule has 1 heterocycles. The largest absolute Gasteiger partial charge is 0.466 e. The highest BCUT2D eigenvalue weighted by atomic mass is 32.2. The van der Waals surface area contributed by atoms with Crippen molar-refractivity contribution in [3.63, 3.8) is 0 Å². The van der Waals surface area contributed by atoms with Crippen LogP contribution >= 0.6 is 11.8 Å². The lowest BCUT2D eigenvalue weighted by Crippen LogP contribution is -2.41. The number of nitro groups is 1. The number of nitrogens with zero attached hydrogens (tertiary/aromatic N) is 3. The van der Waals surface area contributed by atoms with E-state index in [2.05, 4.69) is 6.07 Å². The third-order valence-electron chi connectivity index (χ3n) is 6.00. The molecule has 0 aliphatic carbocycles. The maximum absolute atomic E-state index is 13.3. The third-order valence-corrected chi connectivity index (χ3v) is 7.13. The van der Waals surface area contributed by atoms with E-state index in [0.29, 0.717) is 21.0 Å². The van der Waals surface area contributed by atoms with E-state index in [1.807, 2.05) is 0 Å². The summed E-state index contributed by atoms with van der Waals surface area (Å²) in [6.45, 7) is 0. The smallest absolute Gasteiger partial charge is 0.355 e. The predicted molar refractivity (Wildman–Crippen MR) is 143 cm³/mol. The molecule has 10 nitrogen and oxygen atoms in total. The summed E-state index contributed by atoms with van der Waals surface area (Å²) in [5.41, 5.74) is 6.98. The summed E-state index contributed by atoms with van der Waals surface area (Å²) in [5, 5.41) is 21.9. The number of ether oxygens (including phenoxy) is 2. The molecular weight excluding hydrogens is 520 g/mol. The number of hydrogen-bond donors (Lipinski definition) is 1. The van der Waals surface area contributed by atoms with Crippen molar-refractivity contribution in [2.75, 3.05) is 19.1 Å². The molecule has 3 aromatic rings. The fraction of sp³-hybridized carbons (Fsp3) is 0.107. The molecule has 1 aliphatic heterocycles. The van der Waals surface area contributed by atoms with E-state index in [1.54, 1.807) is 72.8 Å². The molecule has 1 aliphatic rings. The van der Waals surface area contributed by atoms with Crippen LogP contribution in [0.5, 0.6) is 0 Å². The van der Waals surface area contributed by atoms with Crippen molar-refractivity contribution in [1.29, 1.82) is 5.26 Å². The van der Waals surface area contributed by atoms with Crippen LogP contribution in [0.4, 0.5) is 11.4 Å². The first-order valence-electron chi connectivity index (χ1n) is 11.5. The molecule has 2 N–H and O–H groups in total. The highest BCUT2D eigenvalue weighted by Crippen LogP contribution is 2.46. The van der Waals surface area contributed by atoms with Crippen molar-refractivity contribution >= 4 is 35.1 Å². The number of carbonyl (C=O) groups excluding carboxylic acids is 2. The minimum Gasteiger partial charge on any atom is -0.466 e. The monoisotopic (exact) mass is 542 g/mol. The van der Waals surface area contributed by atoms with Gasteiger partial charge in [0.15, 0.2) is 0 Å². The topological polar surface area (TPSA) is 149 Å². The quantitative estimate of drug-likeness (QED) is 0.254. The lowest BCUT2D eigenvalue weighted by Gasteiger charge is -2.36. The van der Waals surface area contributed by atoms with E-state index in [0.717, 1.165) is 18.9 Å². The number of benzene rings is 3. The Morgan fingerprint density at radius 1 is 0.949 bits per heavy atom. The summed E-state index contributed by atoms with van der Waals surface area (Å²) in [4.78, 5) is 39.8. The number of hydrogen-bond acceptors (Lipinski definition) is 10. The van der Waals surface area contributed by atoms with Crippen LogP contribution in [0.15, 0.2) is 111 Å². The minimum absolute atomic E-state index is 0.0137. The second-order valence-corrected chi connectivity index (χ2v) is 9.21. The molecule has 1 unspecified atom stereocenters. The van der Waals surface area contributed by atoms with Gasteiger partial charge in [-0.15, -0.1) is 0 Å². The molecule has 0 bridgehead atoms. The summed E-state index contributed by atoms with van der Waals surface area (Å²) in [6.07, 6.45) is 0. The van der Waals surface area contributed by atoms with Gasteiger partial charge in [-0.05, 0) is 23.8 Å². The summed E-state index contributed by atoms with van der Waals surface area (Å²) in [7, 11) is 2.33. The Morgan fingerprint density at radius 2 is 1.54 bits per heavy atom. The molecular formula is C28H22N4O6S. The normalized spacial score (nSPS) is 15.0. The summed E-state index contributed by atoms with van der Waals surface area (Å²) in [5.74, 6) is -2.85. The van der Waals surface area contributed by atoms with E-state index in [1.165, 1.54) is 18.1 Å². The molecule has 0 saturated heterocycles. The van der Waals surface area contributed by atoms with Gasteiger partial charge in [0.05, 0.1) is 52.9 Å². The number of esters is 2. The Morgan fingerprint density at radius 3 is 2.15 bits per heavy atom. The van der Waals surface area contributed by atoms with Gasteiger partial charge in [0.25, 0.3) is 5.69 Å². The summed E-state index contributed by atoms with van der Waals surface area (Å²) >= 11 is 1.07. The molecule has 0 aromatic heterocycles. The van der Waals surface area contributed by atoms with Gasteiger partial charge < -0.3 is 15.2 Å². The van der Waals surface area contributed by atoms with Crippen LogP contribution in [0.25, 0.3) is 0 Å². The van der Waals surface area contributed by atoms with Gasteiger partial charge in [0.1, 0.15) is 11.5 Å². The molecule has 4 rings (SSSR count). The molecule has 196 valence electrons. The number of rotatable bonds is 7. The highest BCUT2D eigenvalue weighted by Gasteiger charge is 2.43. The number of nitrogens with two attached hydrogens (primary N) is 1. The van der Waals surface area contributed by atoms with Gasteiger partial charge in [-0.3, -0.25) is 15.0 Å². The van der Waals surface area contributed by atoms with E-state index >= 15 is 0 Å². The lowest BCUT2D eigenvalue weighted by atomic mass is 9.81. The van der Waals surface area contributed by atoms with Crippen LogP contribution in [-0.4, -0.2) is 31.1 Å². The van der Waals surface area contributed by atoms with Crippen LogP contribution in [-0.2, 0) is 19.1 Å². The second-order valence-electron chi connectivity index (χ2n) is 8.13. The molecule has 0 saturated carbocycles. The van der Waals surface area contributed by atoms with E-state index < -0.39 is 22.8 Å². The molecule has 0 spiro atoms. The van der Waals surface area contributed by atoms with Crippen LogP contribution in [0.3, 0.4) is 0 Å². The Bertz CT molecular complexity index is 1560. The first-order valence-corrected chi connectivity index (χ1v) is 12.3. The zero-order chi connectivity index (χ0) is 28.1. The maximum Gasteiger partial charge on any atom is 0.355 e. The van der Waals surface area contributed by atoms with Crippen LogP contribution < -0.4 is 10.6 Å². The van der Waals surface area contributed by atoms with Crippen molar-refractivity contribution in [2.45, 2.75) is 15.7 Å². The Labute approximate surface area is 228 Å². The van der Waals surface area contributed by atoms with Crippen molar-refractivity contribution in [1.82, 2.24) is 0 Å². The standard InChI is InChI=1S/C28H22N4O6S/c1-37-27(33)24-23(17-10-4-3-5-11-17)18(16-29)26(30)31(25(24)28(34)38-2)19-12-6-8-14-21(19)39-22-15-9-7-13-20(22)32(35)36/h3-15,23H,30H2,1-2H3. The van der Waals surface area contributed by atoms with Crippen molar-refractivity contribution in [2.24, 2.45) is 5.73 Å². The first-order chi connectivity index (χ1) is 18.8. The van der Waals surface area contributed by atoms with Crippen LogP contribution in [0.1, 0.15) is 11.5 Å². The average Bonchev–Trinajstić information content (AvgIpc) is 2.96. The summed E-state index contributed by atoms with van der Waals surface area (Å²) < 4.78 is 10.1. The maximum atomic E-state index is 13.3. The Balaban J connectivity index is 2.01. The molecule has 1 atom stereocenters. The van der Waals surface area contributed by atoms with Crippen molar-refractivity contribution in [3.8, 4) is 6.07 Å². The lowest BCUT2D eigenvalue weighted by molar-refractivity contribution is -0.387. The van der Waals surface area contributed by atoms with Crippen molar-refractivity contribution < 1.29 is 24.0 Å². The SMILES string of the molecule is COC(=O)C1=C(C(=O)OC)N(c2ccccc2Sc2ccccc2[N+](=O)[O-])C(N)=C(C#N)C1c1ccccc1. The van der Waals surface area contributed by atoms with Gasteiger partial charge in [-0.2, -0.15) is 5.26 Å². The predicted octanol–water partition coefficient (Wildman–Crippen LogP) is 4.64. The van der Waals surface area contributed by atoms with Crippen LogP contribution in [0, 0.1) is 21.4 Å². The fourth-order valence-electron chi connectivity index (χ4n) is 4.30. The first kappa shape index (κ1) is 27.0. The molecule has 0 radical (unpaired) electrons. The van der Waals surface area contributed by atoms with E-state index in [4.69, 9.17) is 15.2 Å². The molecule has 3 aromatic carbocycles. The molecule has 11 heteroatoms. The fourth-order valence-corrected chi connectivity index (χ4v) is 5.35. The zero-order valence-corrected chi connectivity index (χ0v) is 21.7. The Hall–Kier alpha value is -5.08. The van der Waals surface area contributed by atoms with Gasteiger partial charge in [-0.1, -0.05) is 66.4 Å². The number of nitro benzene ring substituents is 1. The Kier molecular flexibility index (Phi) is 7.98. The van der Waals surface area contributed by atoms with E-state index in [-0.39, 0.29) is 28.4 Å². The number of nitriles is 1. The van der Waals surface area contributed by atoms with Gasteiger partial charge >= 0.3 is 11.9 Å². The van der Waals surface area contributed by atoms with Gasteiger partial charge in [-0.25, -0.2) is 9.59 Å². The number of para-hydroxylation sites is 2. The number of methoxy groups -OCH3 is 2. The number of anilines is 1. The third kappa shape index (κ3) is 5.05. The van der Waals surface area contributed by atoms with Gasteiger partial charge in [0.2, 0.25) is 0 Å². The van der Waals surface area contributed by atoms with E-state index in [9.17, 15) is 25.0 Å². The number of carbonyl (C=O) groups is 2. The van der Waals surface area contributed by atoms with Gasteiger partial charge in [0, 0.05) is 11.0 Å². The number of allylic oxidation sites excluding steroid dienone is 1. The second kappa shape index (κ2) is 11.5. The average molecular weight is 543 g/mol. The molecule has 0 fully saturated rings. The summed E-state index contributed by atoms with van der Waals surface area (Å²) in [6, 6.07) is 23.7. The minimum atomic E-state index is -1.01. The molecule has 39 heavy (non-hydrogen) atoms. The molecule has 0 amide bonds. The van der Waals surface area contributed by atoms with Crippen LogP contribution in [0.2, 0.25) is 0 Å². The highest BCUT2D eigenvalue weighted by molar-refractivity contribution is 7.99. The van der Waals surface area contributed by atoms with Crippen molar-refractivity contribution in [3.05, 3.63) is 117 Å². The zero-order valence-electron chi connectivity index (χ0n) is 20.9.